The van der Waals surface area contributed by atoms with Crippen molar-refractivity contribution in [2.75, 3.05) is 12.0 Å². The number of anilines is 1. The molecule has 0 saturated heterocycles. The summed E-state index contributed by atoms with van der Waals surface area (Å²) in [6.45, 7) is 6.16. The van der Waals surface area contributed by atoms with Crippen molar-refractivity contribution in [2.24, 2.45) is 5.10 Å². The van der Waals surface area contributed by atoms with Gasteiger partial charge in [0.25, 0.3) is 0 Å². The van der Waals surface area contributed by atoms with Crippen molar-refractivity contribution < 1.29 is 19.4 Å². The minimum Gasteiger partial charge on any atom is -0.490 e. The maximum Gasteiger partial charge on any atom is 0.337 e. The van der Waals surface area contributed by atoms with Crippen molar-refractivity contribution in [3.05, 3.63) is 52.5 Å². The molecule has 0 bridgehead atoms. The number of aromatic carboxylic acids is 1. The molecular formula is C19H21ClN2O4. The van der Waals surface area contributed by atoms with E-state index in [1.807, 2.05) is 20.8 Å². The number of halogens is 1. The van der Waals surface area contributed by atoms with E-state index in [2.05, 4.69) is 10.5 Å². The van der Waals surface area contributed by atoms with Crippen LogP contribution in [0.5, 0.6) is 11.5 Å². The van der Waals surface area contributed by atoms with E-state index in [1.54, 1.807) is 30.3 Å². The Morgan fingerprint density at radius 1 is 1.35 bits per heavy atom. The predicted octanol–water partition coefficient (Wildman–Crippen LogP) is 4.67. The molecule has 0 spiro atoms. The van der Waals surface area contributed by atoms with E-state index in [4.69, 9.17) is 21.1 Å². The van der Waals surface area contributed by atoms with Crippen LogP contribution in [-0.2, 0) is 0 Å². The van der Waals surface area contributed by atoms with E-state index < -0.39 is 5.97 Å². The third kappa shape index (κ3) is 5.13. The molecule has 0 fully saturated rings. The second kappa shape index (κ2) is 9.10. The molecule has 0 amide bonds. The summed E-state index contributed by atoms with van der Waals surface area (Å²) in [7, 11) is 0. The molecule has 0 unspecified atom stereocenters. The summed E-state index contributed by atoms with van der Waals surface area (Å²) in [5.74, 6) is -0.00824. The number of hydrogen-bond donors (Lipinski definition) is 2. The quantitative estimate of drug-likeness (QED) is 0.517. The Labute approximate surface area is 157 Å². The maximum atomic E-state index is 11.2. The van der Waals surface area contributed by atoms with Gasteiger partial charge in [-0.3, -0.25) is 5.43 Å². The van der Waals surface area contributed by atoms with Gasteiger partial charge >= 0.3 is 5.97 Å². The normalized spacial score (nSPS) is 11.0. The van der Waals surface area contributed by atoms with Gasteiger partial charge in [-0.25, -0.2) is 4.79 Å². The summed E-state index contributed by atoms with van der Waals surface area (Å²) in [5.41, 5.74) is 3.96. The van der Waals surface area contributed by atoms with Crippen LogP contribution in [0.3, 0.4) is 0 Å². The van der Waals surface area contributed by atoms with E-state index in [0.717, 1.165) is 0 Å². The summed E-state index contributed by atoms with van der Waals surface area (Å²) in [6, 6.07) is 9.99. The average molecular weight is 377 g/mol. The minimum atomic E-state index is -1.03. The fourth-order valence-electron chi connectivity index (χ4n) is 2.22. The first kappa shape index (κ1) is 19.6. The van der Waals surface area contributed by atoms with E-state index in [1.165, 1.54) is 12.3 Å². The molecule has 0 aliphatic carbocycles. The molecule has 0 heterocycles. The molecule has 7 heteroatoms. The third-order valence-electron chi connectivity index (χ3n) is 3.24. The molecule has 0 saturated carbocycles. The van der Waals surface area contributed by atoms with Gasteiger partial charge in [0.15, 0.2) is 11.5 Å². The van der Waals surface area contributed by atoms with E-state index in [-0.39, 0.29) is 11.7 Å². The fourth-order valence-corrected chi connectivity index (χ4v) is 2.48. The maximum absolute atomic E-state index is 11.2. The summed E-state index contributed by atoms with van der Waals surface area (Å²) in [4.78, 5) is 11.2. The lowest BCUT2D eigenvalue weighted by atomic mass is 10.2. The highest BCUT2D eigenvalue weighted by atomic mass is 35.5. The number of nitrogens with one attached hydrogen (secondary N) is 1. The lowest BCUT2D eigenvalue weighted by Gasteiger charge is -2.16. The Balaban J connectivity index is 2.24. The van der Waals surface area contributed by atoms with Crippen molar-refractivity contribution in [3.63, 3.8) is 0 Å². The zero-order valence-corrected chi connectivity index (χ0v) is 15.6. The Hall–Kier alpha value is -2.73. The van der Waals surface area contributed by atoms with Gasteiger partial charge in [0.1, 0.15) is 0 Å². The van der Waals surface area contributed by atoms with Gasteiger partial charge in [-0.15, -0.1) is 0 Å². The van der Waals surface area contributed by atoms with Crippen molar-refractivity contribution in [1.82, 2.24) is 0 Å². The second-order valence-corrected chi connectivity index (χ2v) is 6.06. The Kier molecular flexibility index (Phi) is 6.86. The summed E-state index contributed by atoms with van der Waals surface area (Å²) < 4.78 is 11.3. The van der Waals surface area contributed by atoms with Crippen LogP contribution in [0.4, 0.5) is 5.69 Å². The molecule has 2 rings (SSSR count). The molecule has 138 valence electrons. The molecule has 26 heavy (non-hydrogen) atoms. The number of hydrazone groups is 1. The van der Waals surface area contributed by atoms with Crippen LogP contribution in [0.1, 0.15) is 36.7 Å². The van der Waals surface area contributed by atoms with Crippen LogP contribution in [0.15, 0.2) is 41.5 Å². The highest BCUT2D eigenvalue weighted by Crippen LogP contribution is 2.37. The number of carbonyl (C=O) groups is 1. The van der Waals surface area contributed by atoms with Crippen molar-refractivity contribution >= 4 is 29.5 Å². The molecule has 0 aromatic heterocycles. The molecule has 2 aromatic rings. The molecule has 6 nitrogen and oxygen atoms in total. The Morgan fingerprint density at radius 2 is 2.08 bits per heavy atom. The van der Waals surface area contributed by atoms with Crippen LogP contribution in [0.25, 0.3) is 0 Å². The molecular weight excluding hydrogens is 356 g/mol. The van der Waals surface area contributed by atoms with Gasteiger partial charge in [0.2, 0.25) is 0 Å². The first-order valence-electron chi connectivity index (χ1n) is 8.16. The van der Waals surface area contributed by atoms with Crippen LogP contribution in [-0.4, -0.2) is 30.0 Å². The topological polar surface area (TPSA) is 80.2 Å². The van der Waals surface area contributed by atoms with Gasteiger partial charge in [0, 0.05) is 0 Å². The Morgan fingerprint density at radius 3 is 2.73 bits per heavy atom. The fraction of sp³-hybridized carbons (Fsp3) is 0.263. The molecule has 0 radical (unpaired) electrons. The zero-order valence-electron chi connectivity index (χ0n) is 14.8. The monoisotopic (exact) mass is 376 g/mol. The lowest BCUT2D eigenvalue weighted by Crippen LogP contribution is -2.08. The van der Waals surface area contributed by atoms with E-state index in [0.29, 0.717) is 34.4 Å². The number of rotatable bonds is 8. The van der Waals surface area contributed by atoms with Gasteiger partial charge in [-0.05, 0) is 50.6 Å². The highest BCUT2D eigenvalue weighted by Gasteiger charge is 2.13. The number of benzene rings is 2. The second-order valence-electron chi connectivity index (χ2n) is 5.65. The largest absolute Gasteiger partial charge is 0.490 e. The smallest absolute Gasteiger partial charge is 0.337 e. The number of carboxylic acid groups (broad SMARTS) is 1. The van der Waals surface area contributed by atoms with Crippen molar-refractivity contribution in [1.29, 1.82) is 0 Å². The predicted molar refractivity (Wildman–Crippen MR) is 103 cm³/mol. The summed E-state index contributed by atoms with van der Waals surface area (Å²) >= 11 is 6.31. The molecule has 2 N–H and O–H groups in total. The number of hydrogen-bond acceptors (Lipinski definition) is 5. The van der Waals surface area contributed by atoms with Gasteiger partial charge in [0.05, 0.1) is 35.2 Å². The van der Waals surface area contributed by atoms with Crippen LogP contribution in [0.2, 0.25) is 5.02 Å². The standard InChI is InChI=1S/C19H21ClN2O4/c1-4-25-17-10-13(9-15(20)18(17)26-12(2)3)11-21-22-16-8-6-5-7-14(16)19(23)24/h5-12,22H,4H2,1-3H3,(H,23,24). The van der Waals surface area contributed by atoms with Gasteiger partial charge < -0.3 is 14.6 Å². The van der Waals surface area contributed by atoms with Crippen molar-refractivity contribution in [3.8, 4) is 11.5 Å². The average Bonchev–Trinajstić information content (AvgIpc) is 2.58. The molecule has 0 aliphatic heterocycles. The molecule has 2 aromatic carbocycles. The number of para-hydroxylation sites is 1. The summed E-state index contributed by atoms with van der Waals surface area (Å²) in [5, 5.41) is 13.7. The lowest BCUT2D eigenvalue weighted by molar-refractivity contribution is 0.0698. The zero-order chi connectivity index (χ0) is 19.1. The SMILES string of the molecule is CCOc1cc(C=NNc2ccccc2C(=O)O)cc(Cl)c1OC(C)C. The molecule has 0 atom stereocenters. The Bertz CT molecular complexity index is 806. The number of nitrogens with zero attached hydrogens (tertiary/aromatic N) is 1. The first-order chi connectivity index (χ1) is 12.4. The van der Waals surface area contributed by atoms with Crippen LogP contribution < -0.4 is 14.9 Å². The number of ether oxygens (including phenoxy) is 2. The molecule has 0 aliphatic rings. The minimum absolute atomic E-state index is 0.0413. The highest BCUT2D eigenvalue weighted by molar-refractivity contribution is 6.32. The first-order valence-corrected chi connectivity index (χ1v) is 8.54. The van der Waals surface area contributed by atoms with Crippen LogP contribution >= 0.6 is 11.6 Å². The van der Waals surface area contributed by atoms with Gasteiger partial charge in [-0.1, -0.05) is 23.7 Å². The van der Waals surface area contributed by atoms with E-state index in [9.17, 15) is 9.90 Å². The van der Waals surface area contributed by atoms with Crippen LogP contribution in [0, 0.1) is 0 Å². The third-order valence-corrected chi connectivity index (χ3v) is 3.52. The van der Waals surface area contributed by atoms with Crippen molar-refractivity contribution in [2.45, 2.75) is 26.9 Å². The van der Waals surface area contributed by atoms with Gasteiger partial charge in [-0.2, -0.15) is 5.10 Å². The van der Waals surface area contributed by atoms with E-state index >= 15 is 0 Å². The number of carboxylic acids is 1. The summed E-state index contributed by atoms with van der Waals surface area (Å²) in [6.07, 6.45) is 1.49.